The second kappa shape index (κ2) is 4.47. The van der Waals surface area contributed by atoms with E-state index in [1.807, 2.05) is 20.8 Å². The van der Waals surface area contributed by atoms with Crippen LogP contribution in [0.2, 0.25) is 0 Å². The van der Waals surface area contributed by atoms with Gasteiger partial charge < -0.3 is 10.5 Å². The highest BCUT2D eigenvalue weighted by molar-refractivity contribution is 4.95. The van der Waals surface area contributed by atoms with Crippen LogP contribution in [0.15, 0.2) is 0 Å². The maximum Gasteiger partial charge on any atom is 0.182 e. The highest BCUT2D eigenvalue weighted by atomic mass is 16.5. The van der Waals surface area contributed by atoms with E-state index in [9.17, 15) is 0 Å². The molecule has 0 amide bonds. The van der Waals surface area contributed by atoms with Gasteiger partial charge in [0, 0.05) is 13.2 Å². The maximum absolute atomic E-state index is 5.56. The second-order valence-corrected chi connectivity index (χ2v) is 3.46. The molecule has 1 heterocycles. The zero-order chi connectivity index (χ0) is 10.6. The van der Waals surface area contributed by atoms with Crippen LogP contribution in [0.3, 0.4) is 0 Å². The van der Waals surface area contributed by atoms with Crippen LogP contribution in [0.5, 0.6) is 0 Å². The Labute approximate surface area is 83.4 Å². The third kappa shape index (κ3) is 2.27. The Hall–Kier alpha value is -1.01. The van der Waals surface area contributed by atoms with Crippen molar-refractivity contribution in [1.82, 2.24) is 20.2 Å². The molecule has 6 heteroatoms. The molecule has 0 spiro atoms. The summed E-state index contributed by atoms with van der Waals surface area (Å²) >= 11 is 0. The van der Waals surface area contributed by atoms with Crippen molar-refractivity contribution >= 4 is 0 Å². The van der Waals surface area contributed by atoms with Crippen LogP contribution in [0, 0.1) is 0 Å². The topological polar surface area (TPSA) is 78.9 Å². The molecular formula is C8H17N5O. The van der Waals surface area contributed by atoms with E-state index in [1.54, 1.807) is 4.68 Å². The summed E-state index contributed by atoms with van der Waals surface area (Å²) in [5.74, 6) is 0.713. The molecule has 0 radical (unpaired) electrons. The standard InChI is InChI=1S/C8H17N5O/c1-4-14-8(2,3)7-10-11-12-13(7)6-5-9/h4-6,9H2,1-3H3. The van der Waals surface area contributed by atoms with Gasteiger partial charge >= 0.3 is 0 Å². The first-order valence-electron chi connectivity index (χ1n) is 4.72. The molecule has 0 bridgehead atoms. The third-order valence-corrected chi connectivity index (χ3v) is 1.92. The highest BCUT2D eigenvalue weighted by Gasteiger charge is 2.27. The Balaban J connectivity index is 2.87. The van der Waals surface area contributed by atoms with E-state index in [4.69, 9.17) is 10.5 Å². The van der Waals surface area contributed by atoms with Gasteiger partial charge in [-0.15, -0.1) is 5.10 Å². The molecule has 0 aliphatic rings. The minimum Gasteiger partial charge on any atom is -0.368 e. The van der Waals surface area contributed by atoms with Gasteiger partial charge in [0.2, 0.25) is 0 Å². The van der Waals surface area contributed by atoms with Crippen LogP contribution in [0.1, 0.15) is 26.6 Å². The minimum atomic E-state index is -0.465. The molecule has 80 valence electrons. The van der Waals surface area contributed by atoms with E-state index in [0.29, 0.717) is 25.5 Å². The van der Waals surface area contributed by atoms with Crippen LogP contribution < -0.4 is 5.73 Å². The molecule has 0 unspecified atom stereocenters. The number of aromatic nitrogens is 4. The van der Waals surface area contributed by atoms with E-state index in [1.165, 1.54) is 0 Å². The molecule has 14 heavy (non-hydrogen) atoms. The second-order valence-electron chi connectivity index (χ2n) is 3.46. The number of rotatable bonds is 5. The van der Waals surface area contributed by atoms with Gasteiger partial charge in [-0.1, -0.05) is 0 Å². The van der Waals surface area contributed by atoms with E-state index < -0.39 is 5.60 Å². The summed E-state index contributed by atoms with van der Waals surface area (Å²) in [5, 5.41) is 11.4. The first kappa shape index (κ1) is 11.1. The highest BCUT2D eigenvalue weighted by Crippen LogP contribution is 2.21. The molecule has 0 fully saturated rings. The van der Waals surface area contributed by atoms with Crippen molar-refractivity contribution in [1.29, 1.82) is 0 Å². The summed E-state index contributed by atoms with van der Waals surface area (Å²) in [6.45, 7) is 7.57. The minimum absolute atomic E-state index is 0.465. The van der Waals surface area contributed by atoms with Crippen molar-refractivity contribution in [3.8, 4) is 0 Å². The van der Waals surface area contributed by atoms with Gasteiger partial charge in [0.1, 0.15) is 5.60 Å². The largest absolute Gasteiger partial charge is 0.368 e. The number of hydrogen-bond acceptors (Lipinski definition) is 5. The predicted octanol–water partition coefficient (Wildman–Crippen LogP) is -0.0966. The molecule has 1 aromatic rings. The quantitative estimate of drug-likeness (QED) is 0.716. The first-order chi connectivity index (χ1) is 6.61. The molecule has 0 aromatic carbocycles. The molecule has 6 nitrogen and oxygen atoms in total. The van der Waals surface area contributed by atoms with Gasteiger partial charge in [-0.2, -0.15) is 0 Å². The van der Waals surface area contributed by atoms with Gasteiger partial charge in [-0.25, -0.2) is 4.68 Å². The maximum atomic E-state index is 5.56. The molecule has 2 N–H and O–H groups in total. The van der Waals surface area contributed by atoms with Crippen LogP contribution in [0.25, 0.3) is 0 Å². The van der Waals surface area contributed by atoms with E-state index in [-0.39, 0.29) is 0 Å². The van der Waals surface area contributed by atoms with E-state index >= 15 is 0 Å². The molecular weight excluding hydrogens is 182 g/mol. The Kier molecular flexibility index (Phi) is 3.54. The van der Waals surface area contributed by atoms with Crippen LogP contribution >= 0.6 is 0 Å². The third-order valence-electron chi connectivity index (χ3n) is 1.92. The summed E-state index contributed by atoms with van der Waals surface area (Å²) in [7, 11) is 0. The molecule has 1 aromatic heterocycles. The lowest BCUT2D eigenvalue weighted by molar-refractivity contribution is -0.0240. The van der Waals surface area contributed by atoms with Crippen molar-refractivity contribution in [2.45, 2.75) is 32.9 Å². The summed E-state index contributed by atoms with van der Waals surface area (Å²) in [6.07, 6.45) is 0. The van der Waals surface area contributed by atoms with Crippen molar-refractivity contribution in [3.63, 3.8) is 0 Å². The monoisotopic (exact) mass is 199 g/mol. The number of tetrazole rings is 1. The molecule has 0 aliphatic heterocycles. The lowest BCUT2D eigenvalue weighted by atomic mass is 10.1. The van der Waals surface area contributed by atoms with Gasteiger partial charge in [0.15, 0.2) is 5.82 Å². The average Bonchev–Trinajstić information content (AvgIpc) is 2.53. The fourth-order valence-corrected chi connectivity index (χ4v) is 1.33. The molecule has 0 saturated heterocycles. The lowest BCUT2D eigenvalue weighted by Crippen LogP contribution is -2.28. The summed E-state index contributed by atoms with van der Waals surface area (Å²) in [5.41, 5.74) is 4.98. The zero-order valence-corrected chi connectivity index (χ0v) is 8.90. The van der Waals surface area contributed by atoms with Crippen molar-refractivity contribution in [2.24, 2.45) is 5.73 Å². The van der Waals surface area contributed by atoms with Crippen LogP contribution in [0.4, 0.5) is 0 Å². The predicted molar refractivity (Wildman–Crippen MR) is 51.5 cm³/mol. The Bertz CT molecular complexity index is 283. The van der Waals surface area contributed by atoms with Gasteiger partial charge in [0.25, 0.3) is 0 Å². The molecule has 1 rings (SSSR count). The lowest BCUT2D eigenvalue weighted by Gasteiger charge is -2.22. The van der Waals surface area contributed by atoms with Gasteiger partial charge in [-0.3, -0.25) is 0 Å². The number of hydrogen-bond donors (Lipinski definition) is 1. The number of ether oxygens (including phenoxy) is 1. The normalized spacial score (nSPS) is 12.0. The summed E-state index contributed by atoms with van der Waals surface area (Å²) < 4.78 is 7.23. The number of nitrogens with two attached hydrogens (primary N) is 1. The van der Waals surface area contributed by atoms with Gasteiger partial charge in [-0.05, 0) is 31.2 Å². The van der Waals surface area contributed by atoms with Gasteiger partial charge in [0.05, 0.1) is 6.54 Å². The van der Waals surface area contributed by atoms with Crippen molar-refractivity contribution in [2.75, 3.05) is 13.2 Å². The average molecular weight is 199 g/mol. The number of nitrogens with zero attached hydrogens (tertiary/aromatic N) is 4. The Morgan fingerprint density at radius 1 is 1.50 bits per heavy atom. The van der Waals surface area contributed by atoms with Crippen molar-refractivity contribution < 1.29 is 4.74 Å². The first-order valence-corrected chi connectivity index (χ1v) is 4.72. The van der Waals surface area contributed by atoms with E-state index in [0.717, 1.165) is 0 Å². The summed E-state index contributed by atoms with van der Waals surface area (Å²) in [4.78, 5) is 0. The fraction of sp³-hybridized carbons (Fsp3) is 0.875. The summed E-state index contributed by atoms with van der Waals surface area (Å²) in [6, 6.07) is 0. The molecule has 0 saturated carbocycles. The zero-order valence-electron chi connectivity index (χ0n) is 8.90. The van der Waals surface area contributed by atoms with Crippen molar-refractivity contribution in [3.05, 3.63) is 5.82 Å². The van der Waals surface area contributed by atoms with Crippen LogP contribution in [-0.2, 0) is 16.9 Å². The SMILES string of the molecule is CCOC(C)(C)c1nnnn1CCN. The molecule has 0 aliphatic carbocycles. The Morgan fingerprint density at radius 2 is 2.21 bits per heavy atom. The smallest absolute Gasteiger partial charge is 0.182 e. The van der Waals surface area contributed by atoms with Crippen LogP contribution in [-0.4, -0.2) is 33.4 Å². The Morgan fingerprint density at radius 3 is 2.79 bits per heavy atom. The van der Waals surface area contributed by atoms with E-state index in [2.05, 4.69) is 15.5 Å². The fourth-order valence-electron chi connectivity index (χ4n) is 1.33. The molecule has 0 atom stereocenters.